The number of aliphatic imine (C=N–C) groups is 1. The second kappa shape index (κ2) is 8.81. The van der Waals surface area contributed by atoms with Crippen LogP contribution in [-0.2, 0) is 6.42 Å². The van der Waals surface area contributed by atoms with Crippen LogP contribution < -0.4 is 11.1 Å². The Morgan fingerprint density at radius 1 is 1.56 bits per heavy atom. The van der Waals surface area contributed by atoms with Gasteiger partial charge in [0.1, 0.15) is 0 Å². The molecule has 0 spiro atoms. The molecule has 0 saturated carbocycles. The lowest BCUT2D eigenvalue weighted by Crippen LogP contribution is -2.33. The number of hydrogen-bond acceptors (Lipinski definition) is 2. The molecular formula is C11H20IN3S. The van der Waals surface area contributed by atoms with E-state index in [1.807, 2.05) is 0 Å². The molecule has 1 heterocycles. The first kappa shape index (κ1) is 15.7. The van der Waals surface area contributed by atoms with Crippen molar-refractivity contribution in [2.75, 3.05) is 13.1 Å². The molecule has 0 unspecified atom stereocenters. The first-order valence-electron chi connectivity index (χ1n) is 5.24. The van der Waals surface area contributed by atoms with Gasteiger partial charge in [0, 0.05) is 18.0 Å². The molecule has 0 aliphatic carbocycles. The van der Waals surface area contributed by atoms with Crippen LogP contribution in [0.3, 0.4) is 0 Å². The second-order valence-electron chi connectivity index (χ2n) is 3.88. The summed E-state index contributed by atoms with van der Waals surface area (Å²) in [6, 6.07) is 4.20. The number of guanidine groups is 1. The van der Waals surface area contributed by atoms with Gasteiger partial charge in [0.05, 0.1) is 0 Å². The van der Waals surface area contributed by atoms with Crippen molar-refractivity contribution in [3.8, 4) is 0 Å². The normalized spacial score (nSPS) is 11.3. The molecule has 0 radical (unpaired) electrons. The fraction of sp³-hybridized carbons (Fsp3) is 0.545. The molecule has 0 aliphatic rings. The summed E-state index contributed by atoms with van der Waals surface area (Å²) < 4.78 is 0. The minimum Gasteiger partial charge on any atom is -0.370 e. The van der Waals surface area contributed by atoms with Crippen LogP contribution in [0.5, 0.6) is 0 Å². The van der Waals surface area contributed by atoms with E-state index in [4.69, 9.17) is 5.73 Å². The van der Waals surface area contributed by atoms with Crippen LogP contribution in [0.15, 0.2) is 22.5 Å². The standard InChI is InChI=1S/C11H19N3S.HI/c1-9(2)8-14-11(12)13-6-5-10-4-3-7-15-10;/h3-4,7,9H,5-6,8H2,1-2H3,(H3,12,13,14);1H. The lowest BCUT2D eigenvalue weighted by atomic mass is 10.2. The number of nitrogens with two attached hydrogens (primary N) is 1. The minimum absolute atomic E-state index is 0. The molecule has 1 aromatic rings. The first-order valence-corrected chi connectivity index (χ1v) is 6.12. The van der Waals surface area contributed by atoms with E-state index in [-0.39, 0.29) is 24.0 Å². The van der Waals surface area contributed by atoms with E-state index in [0.29, 0.717) is 11.9 Å². The van der Waals surface area contributed by atoms with Gasteiger partial charge >= 0.3 is 0 Å². The molecule has 0 aliphatic heterocycles. The smallest absolute Gasteiger partial charge is 0.188 e. The molecule has 3 nitrogen and oxygen atoms in total. The van der Waals surface area contributed by atoms with Crippen LogP contribution in [0.4, 0.5) is 0 Å². The summed E-state index contributed by atoms with van der Waals surface area (Å²) >= 11 is 1.77. The van der Waals surface area contributed by atoms with E-state index in [1.54, 1.807) is 11.3 Å². The third-order valence-corrected chi connectivity index (χ3v) is 2.82. The highest BCUT2D eigenvalue weighted by Gasteiger charge is 1.95. The van der Waals surface area contributed by atoms with Gasteiger partial charge in [-0.15, -0.1) is 35.3 Å². The molecule has 0 bridgehead atoms. The molecule has 0 saturated heterocycles. The summed E-state index contributed by atoms with van der Waals surface area (Å²) in [5.41, 5.74) is 5.70. The summed E-state index contributed by atoms with van der Waals surface area (Å²) in [4.78, 5) is 5.60. The van der Waals surface area contributed by atoms with E-state index in [1.165, 1.54) is 4.88 Å². The van der Waals surface area contributed by atoms with Crippen molar-refractivity contribution >= 4 is 41.3 Å². The van der Waals surface area contributed by atoms with Crippen LogP contribution in [0.1, 0.15) is 18.7 Å². The number of hydrogen-bond donors (Lipinski definition) is 2. The molecule has 0 atom stereocenters. The molecule has 0 fully saturated rings. The van der Waals surface area contributed by atoms with Crippen molar-refractivity contribution in [2.24, 2.45) is 16.6 Å². The Balaban J connectivity index is 0.00000225. The molecule has 16 heavy (non-hydrogen) atoms. The zero-order valence-corrected chi connectivity index (χ0v) is 12.9. The summed E-state index contributed by atoms with van der Waals surface area (Å²) in [6.45, 7) is 5.90. The van der Waals surface area contributed by atoms with Crippen molar-refractivity contribution in [1.29, 1.82) is 0 Å². The largest absolute Gasteiger partial charge is 0.370 e. The summed E-state index contributed by atoms with van der Waals surface area (Å²) in [7, 11) is 0. The average Bonchev–Trinajstić information content (AvgIpc) is 2.67. The molecule has 0 aromatic carbocycles. The second-order valence-corrected chi connectivity index (χ2v) is 4.91. The zero-order chi connectivity index (χ0) is 11.1. The van der Waals surface area contributed by atoms with Crippen molar-refractivity contribution in [3.63, 3.8) is 0 Å². The van der Waals surface area contributed by atoms with Gasteiger partial charge in [-0.05, 0) is 23.8 Å². The number of nitrogens with one attached hydrogen (secondary N) is 1. The first-order chi connectivity index (χ1) is 7.18. The van der Waals surface area contributed by atoms with Crippen LogP contribution >= 0.6 is 35.3 Å². The monoisotopic (exact) mass is 353 g/mol. The van der Waals surface area contributed by atoms with Crippen molar-refractivity contribution < 1.29 is 0 Å². The van der Waals surface area contributed by atoms with Gasteiger partial charge < -0.3 is 11.1 Å². The highest BCUT2D eigenvalue weighted by atomic mass is 127. The van der Waals surface area contributed by atoms with Crippen molar-refractivity contribution in [2.45, 2.75) is 20.3 Å². The maximum Gasteiger partial charge on any atom is 0.188 e. The molecule has 92 valence electrons. The predicted octanol–water partition coefficient (Wildman–Crippen LogP) is 2.47. The van der Waals surface area contributed by atoms with Crippen LogP contribution in [0.25, 0.3) is 0 Å². The van der Waals surface area contributed by atoms with Crippen molar-refractivity contribution in [3.05, 3.63) is 22.4 Å². The zero-order valence-electron chi connectivity index (χ0n) is 9.77. The highest BCUT2D eigenvalue weighted by Crippen LogP contribution is 2.07. The SMILES string of the molecule is CC(C)CN=C(N)NCCc1cccs1.I. The lowest BCUT2D eigenvalue weighted by molar-refractivity contribution is 0.661. The van der Waals surface area contributed by atoms with Gasteiger partial charge in [-0.2, -0.15) is 0 Å². The maximum atomic E-state index is 5.70. The summed E-state index contributed by atoms with van der Waals surface area (Å²) in [5.74, 6) is 1.11. The molecule has 5 heteroatoms. The van der Waals surface area contributed by atoms with Gasteiger partial charge in [-0.1, -0.05) is 19.9 Å². The Morgan fingerprint density at radius 2 is 2.31 bits per heavy atom. The Bertz CT molecular complexity index is 296. The van der Waals surface area contributed by atoms with E-state index < -0.39 is 0 Å². The summed E-state index contributed by atoms with van der Waals surface area (Å²) in [6.07, 6.45) is 1.01. The topological polar surface area (TPSA) is 50.4 Å². The van der Waals surface area contributed by atoms with Crippen LogP contribution in [0, 0.1) is 5.92 Å². The van der Waals surface area contributed by atoms with E-state index >= 15 is 0 Å². The molecule has 1 rings (SSSR count). The molecule has 1 aromatic heterocycles. The highest BCUT2D eigenvalue weighted by molar-refractivity contribution is 14.0. The third kappa shape index (κ3) is 7.05. The fourth-order valence-electron chi connectivity index (χ4n) is 1.11. The number of halogens is 1. The number of rotatable bonds is 5. The van der Waals surface area contributed by atoms with E-state index in [9.17, 15) is 0 Å². The Hall–Kier alpha value is -0.300. The van der Waals surface area contributed by atoms with Crippen molar-refractivity contribution in [1.82, 2.24) is 5.32 Å². The molecule has 0 amide bonds. The van der Waals surface area contributed by atoms with Gasteiger partial charge in [-0.3, -0.25) is 4.99 Å². The summed E-state index contributed by atoms with van der Waals surface area (Å²) in [5, 5.41) is 5.20. The van der Waals surface area contributed by atoms with E-state index in [0.717, 1.165) is 19.5 Å². The lowest BCUT2D eigenvalue weighted by Gasteiger charge is -2.05. The average molecular weight is 353 g/mol. The van der Waals surface area contributed by atoms with Gasteiger partial charge in [0.25, 0.3) is 0 Å². The van der Waals surface area contributed by atoms with Gasteiger partial charge in [0.2, 0.25) is 0 Å². The number of nitrogens with zero attached hydrogens (tertiary/aromatic N) is 1. The van der Waals surface area contributed by atoms with E-state index in [2.05, 4.69) is 41.7 Å². The van der Waals surface area contributed by atoms with Crippen LogP contribution in [0.2, 0.25) is 0 Å². The molecule has 3 N–H and O–H groups in total. The molecular weight excluding hydrogens is 333 g/mol. The van der Waals surface area contributed by atoms with Gasteiger partial charge in [0.15, 0.2) is 5.96 Å². The quantitative estimate of drug-likeness (QED) is 0.485. The fourth-order valence-corrected chi connectivity index (χ4v) is 1.81. The Kier molecular flexibility index (Phi) is 8.64. The Labute approximate surface area is 119 Å². The minimum atomic E-state index is 0. The number of thiophene rings is 1. The third-order valence-electron chi connectivity index (χ3n) is 1.88. The Morgan fingerprint density at radius 3 is 2.88 bits per heavy atom. The predicted molar refractivity (Wildman–Crippen MR) is 82.8 cm³/mol. The van der Waals surface area contributed by atoms with Gasteiger partial charge in [-0.25, -0.2) is 0 Å². The maximum absolute atomic E-state index is 5.70. The van der Waals surface area contributed by atoms with Crippen LogP contribution in [-0.4, -0.2) is 19.0 Å².